The van der Waals surface area contributed by atoms with Crippen molar-refractivity contribution in [3.63, 3.8) is 0 Å². The Hall–Kier alpha value is -1.93. The Morgan fingerprint density at radius 3 is 2.77 bits per heavy atom. The Morgan fingerprint density at radius 2 is 2.08 bits per heavy atom. The summed E-state index contributed by atoms with van der Waals surface area (Å²) in [6.07, 6.45) is 0.597. The molecule has 7 heteroatoms. The van der Waals surface area contributed by atoms with Gasteiger partial charge in [-0.3, -0.25) is 9.88 Å². The molecular formula is C19H22N2O4S. The molecule has 2 aromatic heterocycles. The molecule has 26 heavy (non-hydrogen) atoms. The number of aromatic nitrogens is 1. The van der Waals surface area contributed by atoms with Crippen LogP contribution >= 0.6 is 11.3 Å². The van der Waals surface area contributed by atoms with E-state index in [1.807, 2.05) is 24.4 Å². The average molecular weight is 374 g/mol. The fraction of sp³-hybridized carbons (Fsp3) is 0.421. The maximum atomic E-state index is 11.3. The lowest BCUT2D eigenvalue weighted by Gasteiger charge is -2.41. The molecule has 2 atom stereocenters. The minimum absolute atomic E-state index is 0.106. The van der Waals surface area contributed by atoms with Crippen LogP contribution in [-0.4, -0.2) is 39.2 Å². The van der Waals surface area contributed by atoms with Gasteiger partial charge in [-0.1, -0.05) is 12.1 Å². The van der Waals surface area contributed by atoms with E-state index in [1.165, 1.54) is 0 Å². The smallest absolute Gasteiger partial charge is 0.408 e. The number of hydrogen-bond acceptors (Lipinski definition) is 6. The van der Waals surface area contributed by atoms with Crippen LogP contribution in [0.3, 0.4) is 0 Å². The maximum Gasteiger partial charge on any atom is 0.417 e. The number of hydrogen-bond donors (Lipinski definition) is 3. The van der Waals surface area contributed by atoms with Crippen LogP contribution in [0.2, 0.25) is 0 Å². The van der Waals surface area contributed by atoms with E-state index >= 15 is 0 Å². The third-order valence-electron chi connectivity index (χ3n) is 5.42. The van der Waals surface area contributed by atoms with Gasteiger partial charge in [0.2, 0.25) is 0 Å². The fourth-order valence-corrected chi connectivity index (χ4v) is 4.60. The Bertz CT molecular complexity index is 938. The number of oxazole rings is 1. The number of aliphatic hydroxyl groups excluding tert-OH is 1. The highest BCUT2D eigenvalue weighted by molar-refractivity contribution is 7.10. The molecule has 0 unspecified atom stereocenters. The van der Waals surface area contributed by atoms with Gasteiger partial charge in [-0.25, -0.2) is 4.79 Å². The van der Waals surface area contributed by atoms with E-state index in [-0.39, 0.29) is 6.04 Å². The minimum atomic E-state index is -0.761. The number of nitrogens with zero attached hydrogens (tertiary/aromatic N) is 1. The third kappa shape index (κ3) is 3.12. The number of H-pyrrole nitrogens is 1. The normalized spacial score (nSPS) is 20.3. The van der Waals surface area contributed by atoms with Crippen LogP contribution in [-0.2, 0) is 5.60 Å². The van der Waals surface area contributed by atoms with E-state index in [0.717, 1.165) is 4.88 Å². The molecule has 1 aliphatic heterocycles. The van der Waals surface area contributed by atoms with Gasteiger partial charge in [0.15, 0.2) is 5.58 Å². The van der Waals surface area contributed by atoms with E-state index in [9.17, 15) is 15.0 Å². The van der Waals surface area contributed by atoms with Crippen LogP contribution in [0.25, 0.3) is 11.1 Å². The molecule has 3 heterocycles. The monoisotopic (exact) mass is 374 g/mol. The Morgan fingerprint density at radius 1 is 1.31 bits per heavy atom. The summed E-state index contributed by atoms with van der Waals surface area (Å²) >= 11 is 1.59. The minimum Gasteiger partial charge on any atom is -0.408 e. The lowest BCUT2D eigenvalue weighted by molar-refractivity contribution is -0.0479. The van der Waals surface area contributed by atoms with Crippen molar-refractivity contribution < 1.29 is 14.6 Å². The second-order valence-electron chi connectivity index (χ2n) is 7.00. The summed E-state index contributed by atoms with van der Waals surface area (Å²) in [4.78, 5) is 17.1. The number of piperidine rings is 1. The van der Waals surface area contributed by atoms with Crippen molar-refractivity contribution in [2.24, 2.45) is 0 Å². The van der Waals surface area contributed by atoms with Crippen molar-refractivity contribution in [2.45, 2.75) is 37.5 Å². The number of nitrogens with one attached hydrogen (secondary N) is 1. The SMILES string of the molecule is C[C@@H]([C@@H](O)c1ccc2[nH]c(=O)oc2c1)N1CCC(O)(c2cccs2)CC1. The molecule has 1 fully saturated rings. The maximum absolute atomic E-state index is 11.3. The molecule has 1 saturated heterocycles. The number of thiophene rings is 1. The number of aliphatic hydroxyl groups is 2. The van der Waals surface area contributed by atoms with Gasteiger partial charge in [-0.05, 0) is 48.9 Å². The molecule has 1 aromatic carbocycles. The van der Waals surface area contributed by atoms with E-state index in [4.69, 9.17) is 4.42 Å². The lowest BCUT2D eigenvalue weighted by Crippen LogP contribution is -2.47. The van der Waals surface area contributed by atoms with Crippen molar-refractivity contribution in [1.82, 2.24) is 9.88 Å². The Balaban J connectivity index is 1.47. The first kappa shape index (κ1) is 17.5. The van der Waals surface area contributed by atoms with Crippen LogP contribution in [0.4, 0.5) is 0 Å². The van der Waals surface area contributed by atoms with Gasteiger partial charge in [0, 0.05) is 24.0 Å². The van der Waals surface area contributed by atoms with E-state index in [1.54, 1.807) is 29.5 Å². The van der Waals surface area contributed by atoms with Gasteiger partial charge in [0.1, 0.15) is 5.60 Å². The second kappa shape index (κ2) is 6.66. The lowest BCUT2D eigenvalue weighted by atomic mass is 9.88. The number of likely N-dealkylation sites (tertiary alicyclic amines) is 1. The largest absolute Gasteiger partial charge is 0.417 e. The summed E-state index contributed by atoms with van der Waals surface area (Å²) in [5.74, 6) is -0.497. The summed E-state index contributed by atoms with van der Waals surface area (Å²) in [5, 5.41) is 23.7. The van der Waals surface area contributed by atoms with Crippen LogP contribution in [0, 0.1) is 0 Å². The zero-order valence-corrected chi connectivity index (χ0v) is 15.3. The third-order valence-corrected chi connectivity index (χ3v) is 6.49. The van der Waals surface area contributed by atoms with Crippen LogP contribution in [0.5, 0.6) is 0 Å². The van der Waals surface area contributed by atoms with E-state index in [0.29, 0.717) is 42.6 Å². The van der Waals surface area contributed by atoms with Gasteiger partial charge < -0.3 is 14.6 Å². The van der Waals surface area contributed by atoms with Crippen molar-refractivity contribution in [3.05, 3.63) is 56.7 Å². The molecule has 0 bridgehead atoms. The highest BCUT2D eigenvalue weighted by Gasteiger charge is 2.37. The highest BCUT2D eigenvalue weighted by Crippen LogP contribution is 2.37. The highest BCUT2D eigenvalue weighted by atomic mass is 32.1. The molecular weight excluding hydrogens is 352 g/mol. The predicted octanol–water partition coefficient (Wildman–Crippen LogP) is 2.59. The Labute approximate surface area is 154 Å². The van der Waals surface area contributed by atoms with Gasteiger partial charge in [-0.2, -0.15) is 0 Å². The summed E-state index contributed by atoms with van der Waals surface area (Å²) < 4.78 is 5.08. The summed E-state index contributed by atoms with van der Waals surface area (Å²) in [5.41, 5.74) is 1.02. The summed E-state index contributed by atoms with van der Waals surface area (Å²) in [6.45, 7) is 3.42. The van der Waals surface area contributed by atoms with Crippen molar-refractivity contribution in [2.75, 3.05) is 13.1 Å². The molecule has 0 saturated carbocycles. The van der Waals surface area contributed by atoms with E-state index < -0.39 is 17.5 Å². The van der Waals surface area contributed by atoms with Crippen LogP contribution in [0.1, 0.15) is 36.3 Å². The molecule has 138 valence electrons. The second-order valence-corrected chi connectivity index (χ2v) is 7.95. The molecule has 0 radical (unpaired) electrons. The quantitative estimate of drug-likeness (QED) is 0.653. The number of benzene rings is 1. The molecule has 6 nitrogen and oxygen atoms in total. The van der Waals surface area contributed by atoms with E-state index in [2.05, 4.69) is 9.88 Å². The predicted molar refractivity (Wildman–Crippen MR) is 100 cm³/mol. The van der Waals surface area contributed by atoms with Crippen molar-refractivity contribution >= 4 is 22.4 Å². The zero-order valence-electron chi connectivity index (χ0n) is 14.5. The first-order valence-corrected chi connectivity index (χ1v) is 9.65. The topological polar surface area (TPSA) is 89.7 Å². The molecule has 3 aromatic rings. The van der Waals surface area contributed by atoms with Gasteiger partial charge in [0.25, 0.3) is 0 Å². The molecule has 0 aliphatic carbocycles. The van der Waals surface area contributed by atoms with Gasteiger partial charge in [-0.15, -0.1) is 11.3 Å². The number of rotatable bonds is 4. The van der Waals surface area contributed by atoms with Crippen molar-refractivity contribution in [1.29, 1.82) is 0 Å². The van der Waals surface area contributed by atoms with Gasteiger partial charge >= 0.3 is 5.76 Å². The Kier molecular flexibility index (Phi) is 4.48. The van der Waals surface area contributed by atoms with Gasteiger partial charge in [0.05, 0.1) is 11.6 Å². The summed E-state index contributed by atoms with van der Waals surface area (Å²) in [7, 11) is 0. The summed E-state index contributed by atoms with van der Waals surface area (Å²) in [6, 6.07) is 9.11. The fourth-order valence-electron chi connectivity index (χ4n) is 3.72. The molecule has 4 rings (SSSR count). The zero-order chi connectivity index (χ0) is 18.3. The molecule has 3 N–H and O–H groups in total. The number of aromatic amines is 1. The molecule has 1 aliphatic rings. The average Bonchev–Trinajstić information content (AvgIpc) is 3.29. The standard InChI is InChI=1S/C19H22N2O4S/c1-12(17(22)13-4-5-14-15(11-13)25-18(23)20-14)21-8-6-19(24,7-9-21)16-3-2-10-26-16/h2-5,10-12,17,22,24H,6-9H2,1H3,(H,20,23)/t12-,17+/m0/s1. The van der Waals surface area contributed by atoms with Crippen LogP contribution in [0.15, 0.2) is 44.9 Å². The number of fused-ring (bicyclic) bond motifs is 1. The first-order chi connectivity index (χ1) is 12.5. The van der Waals surface area contributed by atoms with Crippen LogP contribution < -0.4 is 5.76 Å². The first-order valence-electron chi connectivity index (χ1n) is 8.77. The molecule has 0 amide bonds. The van der Waals surface area contributed by atoms with Crippen molar-refractivity contribution in [3.8, 4) is 0 Å². The molecule has 0 spiro atoms.